The van der Waals surface area contributed by atoms with Crippen molar-refractivity contribution < 1.29 is 9.59 Å². The van der Waals surface area contributed by atoms with E-state index in [-0.39, 0.29) is 29.2 Å². The van der Waals surface area contributed by atoms with Crippen LogP contribution in [0.4, 0.5) is 0 Å². The summed E-state index contributed by atoms with van der Waals surface area (Å²) in [5.74, 6) is 0.150. The fourth-order valence-corrected chi connectivity index (χ4v) is 2.12. The lowest BCUT2D eigenvalue weighted by Gasteiger charge is -2.07. The number of hydrogen-bond acceptors (Lipinski definition) is 3. The minimum Gasteiger partial charge on any atom is -0.299 e. The average molecular weight is 158 g/mol. The van der Waals surface area contributed by atoms with Gasteiger partial charge in [0.1, 0.15) is 5.78 Å². The zero-order valence-corrected chi connectivity index (χ0v) is 6.90. The van der Waals surface area contributed by atoms with Gasteiger partial charge in [0, 0.05) is 5.92 Å². The molecule has 3 heteroatoms. The van der Waals surface area contributed by atoms with Crippen LogP contribution in [-0.4, -0.2) is 23.1 Å². The molecule has 2 nitrogen and oxygen atoms in total. The van der Waals surface area contributed by atoms with Crippen molar-refractivity contribution in [1.82, 2.24) is 0 Å². The van der Waals surface area contributed by atoms with Gasteiger partial charge in [0.2, 0.25) is 0 Å². The van der Waals surface area contributed by atoms with Gasteiger partial charge in [-0.2, -0.15) is 11.8 Å². The van der Waals surface area contributed by atoms with Crippen LogP contribution in [0.25, 0.3) is 0 Å². The van der Waals surface area contributed by atoms with E-state index in [0.29, 0.717) is 0 Å². The zero-order chi connectivity index (χ0) is 7.72. The van der Waals surface area contributed by atoms with Crippen LogP contribution in [-0.2, 0) is 9.59 Å². The Morgan fingerprint density at radius 3 is 2.20 bits per heavy atom. The van der Waals surface area contributed by atoms with E-state index in [0.717, 1.165) is 0 Å². The summed E-state index contributed by atoms with van der Waals surface area (Å²) in [5, 5.41) is -0.0625. The Balaban J connectivity index is 2.73. The van der Waals surface area contributed by atoms with E-state index in [9.17, 15) is 9.59 Å². The van der Waals surface area contributed by atoms with Crippen LogP contribution in [0.2, 0.25) is 0 Å². The molecule has 1 fully saturated rings. The van der Waals surface area contributed by atoms with E-state index in [1.54, 1.807) is 0 Å². The zero-order valence-electron chi connectivity index (χ0n) is 6.09. The number of ketones is 2. The van der Waals surface area contributed by atoms with E-state index in [1.807, 2.05) is 13.2 Å². The number of thioether (sulfide) groups is 1. The van der Waals surface area contributed by atoms with Crippen LogP contribution < -0.4 is 0 Å². The molecular weight excluding hydrogens is 148 g/mol. The highest BCUT2D eigenvalue weighted by Crippen LogP contribution is 2.27. The number of hydrogen-bond donors (Lipinski definition) is 0. The molecule has 0 aromatic rings. The Morgan fingerprint density at radius 1 is 1.40 bits per heavy atom. The molecule has 0 bridgehead atoms. The minimum atomic E-state index is -0.0625. The third kappa shape index (κ3) is 1.10. The highest BCUT2D eigenvalue weighted by Gasteiger charge is 2.37. The summed E-state index contributed by atoms with van der Waals surface area (Å²) in [6.07, 6.45) is 2.03. The van der Waals surface area contributed by atoms with E-state index < -0.39 is 0 Å². The molecular formula is C7H10O2S. The van der Waals surface area contributed by atoms with E-state index in [2.05, 4.69) is 0 Å². The number of Topliss-reactive ketones (excluding diaryl/α,β-unsaturated/α-hetero) is 2. The molecule has 2 unspecified atom stereocenters. The molecule has 0 N–H and O–H groups in total. The summed E-state index contributed by atoms with van der Waals surface area (Å²) in [5.41, 5.74) is 0. The molecule has 1 aliphatic rings. The predicted octanol–water partition coefficient (Wildman–Crippen LogP) is 0.896. The monoisotopic (exact) mass is 158 g/mol. The van der Waals surface area contributed by atoms with Crippen molar-refractivity contribution in [3.8, 4) is 0 Å². The van der Waals surface area contributed by atoms with Gasteiger partial charge >= 0.3 is 0 Å². The fourth-order valence-electron chi connectivity index (χ4n) is 1.22. The summed E-state index contributed by atoms with van der Waals surface area (Å²) >= 11 is 1.48. The summed E-state index contributed by atoms with van der Waals surface area (Å²) in [6, 6.07) is 0. The molecule has 10 heavy (non-hydrogen) atoms. The van der Waals surface area contributed by atoms with Crippen molar-refractivity contribution in [3.05, 3.63) is 0 Å². The molecule has 0 heterocycles. The molecule has 1 rings (SSSR count). The smallest absolute Gasteiger partial charge is 0.153 e. The Bertz CT molecular complexity index is 176. The largest absolute Gasteiger partial charge is 0.299 e. The van der Waals surface area contributed by atoms with Gasteiger partial charge in [-0.15, -0.1) is 0 Å². The highest BCUT2D eigenvalue weighted by atomic mass is 32.2. The molecule has 0 spiro atoms. The lowest BCUT2D eigenvalue weighted by molar-refractivity contribution is -0.122. The van der Waals surface area contributed by atoms with Gasteiger partial charge in [-0.1, -0.05) is 6.92 Å². The summed E-state index contributed by atoms with van der Waals surface area (Å²) in [7, 11) is 0. The first-order valence-electron chi connectivity index (χ1n) is 3.25. The molecule has 56 valence electrons. The molecule has 0 amide bonds. The first-order valence-corrected chi connectivity index (χ1v) is 4.54. The number of carbonyl (C=O) groups is 2. The Morgan fingerprint density at radius 2 is 2.00 bits per heavy atom. The van der Waals surface area contributed by atoms with Gasteiger partial charge in [-0.25, -0.2) is 0 Å². The van der Waals surface area contributed by atoms with Crippen LogP contribution >= 0.6 is 11.8 Å². The van der Waals surface area contributed by atoms with Crippen LogP contribution in [0.15, 0.2) is 0 Å². The average Bonchev–Trinajstić information content (AvgIpc) is 2.09. The predicted molar refractivity (Wildman–Crippen MR) is 41.1 cm³/mol. The SMILES string of the molecule is CSC1C(=O)CC(=O)C1C. The normalized spacial score (nSPS) is 33.4. The number of carbonyl (C=O) groups excluding carboxylic acids is 2. The van der Waals surface area contributed by atoms with Crippen LogP contribution in [0, 0.1) is 5.92 Å². The fraction of sp³-hybridized carbons (Fsp3) is 0.714. The third-order valence-electron chi connectivity index (χ3n) is 1.88. The molecule has 0 aromatic heterocycles. The van der Waals surface area contributed by atoms with Crippen LogP contribution in [0.5, 0.6) is 0 Å². The number of rotatable bonds is 1. The second kappa shape index (κ2) is 2.74. The molecule has 0 aromatic carbocycles. The molecule has 2 atom stereocenters. The lowest BCUT2D eigenvalue weighted by atomic mass is 10.1. The van der Waals surface area contributed by atoms with E-state index >= 15 is 0 Å². The van der Waals surface area contributed by atoms with E-state index in [1.165, 1.54) is 11.8 Å². The molecule has 1 saturated carbocycles. The Labute approximate surface area is 64.4 Å². The van der Waals surface area contributed by atoms with Gasteiger partial charge in [0.15, 0.2) is 5.78 Å². The van der Waals surface area contributed by atoms with Crippen molar-refractivity contribution in [2.24, 2.45) is 5.92 Å². The highest BCUT2D eigenvalue weighted by molar-refractivity contribution is 8.00. The van der Waals surface area contributed by atoms with Crippen LogP contribution in [0.1, 0.15) is 13.3 Å². The quantitative estimate of drug-likeness (QED) is 0.532. The van der Waals surface area contributed by atoms with Crippen molar-refractivity contribution in [2.45, 2.75) is 18.6 Å². The van der Waals surface area contributed by atoms with Crippen molar-refractivity contribution in [2.75, 3.05) is 6.26 Å². The van der Waals surface area contributed by atoms with Crippen molar-refractivity contribution in [1.29, 1.82) is 0 Å². The standard InChI is InChI=1S/C7H10O2S/c1-4-5(8)3-6(9)7(4)10-2/h4,7H,3H2,1-2H3. The first-order chi connectivity index (χ1) is 4.66. The first kappa shape index (κ1) is 7.79. The van der Waals surface area contributed by atoms with Crippen molar-refractivity contribution in [3.63, 3.8) is 0 Å². The van der Waals surface area contributed by atoms with Gasteiger partial charge in [-0.3, -0.25) is 9.59 Å². The topological polar surface area (TPSA) is 34.1 Å². The van der Waals surface area contributed by atoms with Gasteiger partial charge < -0.3 is 0 Å². The maximum Gasteiger partial charge on any atom is 0.153 e. The molecule has 0 aliphatic heterocycles. The Hall–Kier alpha value is -0.310. The third-order valence-corrected chi connectivity index (χ3v) is 3.06. The molecule has 1 aliphatic carbocycles. The molecule has 0 saturated heterocycles. The Kier molecular flexibility index (Phi) is 2.14. The summed E-state index contributed by atoms with van der Waals surface area (Å²) in [6.45, 7) is 1.83. The van der Waals surface area contributed by atoms with Gasteiger partial charge in [-0.05, 0) is 6.26 Å². The lowest BCUT2D eigenvalue weighted by Crippen LogP contribution is -2.16. The minimum absolute atomic E-state index is 0.0532. The maximum atomic E-state index is 11.0. The maximum absolute atomic E-state index is 11.0. The second-order valence-electron chi connectivity index (χ2n) is 2.55. The summed E-state index contributed by atoms with van der Waals surface area (Å²) in [4.78, 5) is 21.9. The van der Waals surface area contributed by atoms with Gasteiger partial charge in [0.25, 0.3) is 0 Å². The van der Waals surface area contributed by atoms with E-state index in [4.69, 9.17) is 0 Å². The van der Waals surface area contributed by atoms with Crippen molar-refractivity contribution >= 4 is 23.3 Å². The second-order valence-corrected chi connectivity index (χ2v) is 3.53. The molecule has 0 radical (unpaired) electrons. The van der Waals surface area contributed by atoms with Crippen LogP contribution in [0.3, 0.4) is 0 Å². The van der Waals surface area contributed by atoms with Gasteiger partial charge in [0.05, 0.1) is 11.7 Å². The summed E-state index contributed by atoms with van der Waals surface area (Å²) < 4.78 is 0.